The lowest BCUT2D eigenvalue weighted by atomic mass is 10.1. The first-order valence-electron chi connectivity index (χ1n) is 5.26. The Morgan fingerprint density at radius 3 is 2.33 bits per heavy atom. The fourth-order valence-corrected chi connectivity index (χ4v) is 1.33. The Bertz CT molecular complexity index is 335. The van der Waals surface area contributed by atoms with Crippen LogP contribution in [0.15, 0.2) is 0 Å². The molecule has 84 valence electrons. The summed E-state index contributed by atoms with van der Waals surface area (Å²) < 4.78 is 0. The number of nitrogens with zero attached hydrogens (tertiary/aromatic N) is 1. The maximum absolute atomic E-state index is 11.9. The summed E-state index contributed by atoms with van der Waals surface area (Å²) in [6.07, 6.45) is 0. The van der Waals surface area contributed by atoms with E-state index in [2.05, 4.69) is 29.4 Å². The number of aromatic amines is 1. The van der Waals surface area contributed by atoms with Crippen LogP contribution >= 0.6 is 0 Å². The first-order valence-corrected chi connectivity index (χ1v) is 5.26. The summed E-state index contributed by atoms with van der Waals surface area (Å²) in [5, 5.41) is 9.78. The molecule has 0 fully saturated rings. The highest BCUT2D eigenvalue weighted by Crippen LogP contribution is 2.10. The Morgan fingerprint density at radius 1 is 1.33 bits per heavy atom. The Morgan fingerprint density at radius 2 is 1.93 bits per heavy atom. The van der Waals surface area contributed by atoms with Gasteiger partial charge in [0.2, 0.25) is 0 Å². The van der Waals surface area contributed by atoms with Gasteiger partial charge in [-0.05, 0) is 26.7 Å². The van der Waals surface area contributed by atoms with Crippen molar-refractivity contribution in [3.8, 4) is 0 Å². The molecule has 0 bridgehead atoms. The lowest BCUT2D eigenvalue weighted by Crippen LogP contribution is -2.36. The van der Waals surface area contributed by atoms with Crippen LogP contribution in [-0.4, -0.2) is 22.1 Å². The summed E-state index contributed by atoms with van der Waals surface area (Å²) in [5.41, 5.74) is 2.24. The first kappa shape index (κ1) is 11.8. The van der Waals surface area contributed by atoms with Crippen LogP contribution in [-0.2, 0) is 0 Å². The maximum atomic E-state index is 11.9. The second-order valence-corrected chi connectivity index (χ2v) is 4.32. The van der Waals surface area contributed by atoms with Crippen molar-refractivity contribution in [2.75, 3.05) is 0 Å². The minimum Gasteiger partial charge on any atom is -0.349 e. The van der Waals surface area contributed by atoms with Crippen LogP contribution in [0.3, 0.4) is 0 Å². The van der Waals surface area contributed by atoms with Crippen molar-refractivity contribution in [2.24, 2.45) is 5.92 Å². The van der Waals surface area contributed by atoms with Crippen LogP contribution in [0.2, 0.25) is 0 Å². The lowest BCUT2D eigenvalue weighted by Gasteiger charge is -2.17. The number of aromatic nitrogens is 2. The van der Waals surface area contributed by atoms with E-state index >= 15 is 0 Å². The molecule has 1 atom stereocenters. The van der Waals surface area contributed by atoms with E-state index in [0.29, 0.717) is 11.5 Å². The highest BCUT2D eigenvalue weighted by molar-refractivity contribution is 5.96. The van der Waals surface area contributed by atoms with E-state index in [-0.39, 0.29) is 11.9 Å². The minimum absolute atomic E-state index is 0.0417. The fourth-order valence-electron chi connectivity index (χ4n) is 1.33. The lowest BCUT2D eigenvalue weighted by molar-refractivity contribution is 0.0929. The summed E-state index contributed by atoms with van der Waals surface area (Å²) in [7, 11) is 0. The van der Waals surface area contributed by atoms with Gasteiger partial charge in [0.25, 0.3) is 5.91 Å². The number of nitrogens with one attached hydrogen (secondary N) is 2. The Labute approximate surface area is 90.5 Å². The van der Waals surface area contributed by atoms with E-state index in [1.807, 2.05) is 20.8 Å². The average molecular weight is 209 g/mol. The quantitative estimate of drug-likeness (QED) is 0.797. The maximum Gasteiger partial charge on any atom is 0.255 e. The number of amides is 1. The largest absolute Gasteiger partial charge is 0.349 e. The summed E-state index contributed by atoms with van der Waals surface area (Å²) in [4.78, 5) is 11.9. The van der Waals surface area contributed by atoms with Crippen LogP contribution in [0.1, 0.15) is 42.5 Å². The zero-order valence-corrected chi connectivity index (χ0v) is 10.0. The van der Waals surface area contributed by atoms with E-state index in [0.717, 1.165) is 11.4 Å². The predicted molar refractivity (Wildman–Crippen MR) is 59.8 cm³/mol. The van der Waals surface area contributed by atoms with Crippen molar-refractivity contribution in [3.05, 3.63) is 17.0 Å². The summed E-state index contributed by atoms with van der Waals surface area (Å²) in [5.74, 6) is 0.390. The topological polar surface area (TPSA) is 57.8 Å². The molecule has 4 nitrogen and oxygen atoms in total. The molecular formula is C11H19N3O. The van der Waals surface area contributed by atoms with E-state index in [1.54, 1.807) is 0 Å². The van der Waals surface area contributed by atoms with Gasteiger partial charge in [-0.25, -0.2) is 0 Å². The SMILES string of the molecule is Cc1n[nH]c(C)c1C(=O)NC(C)C(C)C. The van der Waals surface area contributed by atoms with Crippen molar-refractivity contribution in [1.82, 2.24) is 15.5 Å². The van der Waals surface area contributed by atoms with Gasteiger partial charge < -0.3 is 5.32 Å². The molecule has 1 aromatic rings. The zero-order valence-electron chi connectivity index (χ0n) is 10.0. The second-order valence-electron chi connectivity index (χ2n) is 4.32. The van der Waals surface area contributed by atoms with Gasteiger partial charge >= 0.3 is 0 Å². The molecule has 0 aliphatic rings. The van der Waals surface area contributed by atoms with Gasteiger partial charge in [0.05, 0.1) is 11.3 Å². The van der Waals surface area contributed by atoms with E-state index in [1.165, 1.54) is 0 Å². The fraction of sp³-hybridized carbons (Fsp3) is 0.636. The van der Waals surface area contributed by atoms with Crippen LogP contribution in [0.5, 0.6) is 0 Å². The predicted octanol–water partition coefficient (Wildman–Crippen LogP) is 1.80. The third-order valence-corrected chi connectivity index (χ3v) is 2.71. The molecule has 1 heterocycles. The molecule has 4 heteroatoms. The Hall–Kier alpha value is -1.32. The molecule has 2 N–H and O–H groups in total. The number of hydrogen-bond donors (Lipinski definition) is 2. The zero-order chi connectivity index (χ0) is 11.6. The van der Waals surface area contributed by atoms with Crippen LogP contribution in [0.4, 0.5) is 0 Å². The van der Waals surface area contributed by atoms with Crippen LogP contribution < -0.4 is 5.32 Å². The highest BCUT2D eigenvalue weighted by Gasteiger charge is 2.18. The van der Waals surface area contributed by atoms with Gasteiger partial charge in [0.1, 0.15) is 0 Å². The van der Waals surface area contributed by atoms with E-state index in [4.69, 9.17) is 0 Å². The van der Waals surface area contributed by atoms with E-state index in [9.17, 15) is 4.79 Å². The molecule has 0 saturated heterocycles. The van der Waals surface area contributed by atoms with Gasteiger partial charge in [-0.1, -0.05) is 13.8 Å². The van der Waals surface area contributed by atoms with Gasteiger partial charge in [0, 0.05) is 11.7 Å². The molecular weight excluding hydrogens is 190 g/mol. The number of hydrogen-bond acceptors (Lipinski definition) is 2. The molecule has 1 aromatic heterocycles. The molecule has 1 unspecified atom stereocenters. The van der Waals surface area contributed by atoms with Gasteiger partial charge in [-0.15, -0.1) is 0 Å². The number of aryl methyl sites for hydroxylation is 2. The third kappa shape index (κ3) is 2.58. The molecule has 1 rings (SSSR count). The van der Waals surface area contributed by atoms with Gasteiger partial charge in [-0.2, -0.15) is 5.10 Å². The molecule has 0 aromatic carbocycles. The van der Waals surface area contributed by atoms with E-state index < -0.39 is 0 Å². The van der Waals surface area contributed by atoms with Crippen molar-refractivity contribution in [1.29, 1.82) is 0 Å². The van der Waals surface area contributed by atoms with Crippen molar-refractivity contribution < 1.29 is 4.79 Å². The molecule has 0 spiro atoms. The smallest absolute Gasteiger partial charge is 0.255 e. The van der Waals surface area contributed by atoms with Crippen LogP contribution in [0, 0.1) is 19.8 Å². The van der Waals surface area contributed by atoms with Gasteiger partial charge in [-0.3, -0.25) is 9.89 Å². The number of rotatable bonds is 3. The first-order chi connectivity index (χ1) is 6.93. The molecule has 15 heavy (non-hydrogen) atoms. The van der Waals surface area contributed by atoms with Gasteiger partial charge in [0.15, 0.2) is 0 Å². The third-order valence-electron chi connectivity index (χ3n) is 2.71. The molecule has 0 aliphatic carbocycles. The average Bonchev–Trinajstić information content (AvgIpc) is 2.45. The van der Waals surface area contributed by atoms with Crippen LogP contribution in [0.25, 0.3) is 0 Å². The van der Waals surface area contributed by atoms with Crippen molar-refractivity contribution in [3.63, 3.8) is 0 Å². The number of carbonyl (C=O) groups is 1. The molecule has 0 radical (unpaired) electrons. The standard InChI is InChI=1S/C11H19N3O/c1-6(2)7(3)12-11(15)10-8(4)13-14-9(10)5/h6-7H,1-5H3,(H,12,15)(H,13,14). The summed E-state index contributed by atoms with van der Waals surface area (Å²) in [6, 6.07) is 0.172. The summed E-state index contributed by atoms with van der Waals surface area (Å²) in [6.45, 7) is 9.86. The summed E-state index contributed by atoms with van der Waals surface area (Å²) >= 11 is 0. The Kier molecular flexibility index (Phi) is 3.50. The second kappa shape index (κ2) is 4.47. The Balaban J connectivity index is 2.78. The van der Waals surface area contributed by atoms with Crippen molar-refractivity contribution >= 4 is 5.91 Å². The molecule has 1 amide bonds. The molecule has 0 aliphatic heterocycles. The number of carbonyl (C=O) groups excluding carboxylic acids is 1. The molecule has 0 saturated carbocycles. The normalized spacial score (nSPS) is 12.9. The minimum atomic E-state index is -0.0417. The number of H-pyrrole nitrogens is 1. The monoisotopic (exact) mass is 209 g/mol. The highest BCUT2D eigenvalue weighted by atomic mass is 16.1. The van der Waals surface area contributed by atoms with Crippen molar-refractivity contribution in [2.45, 2.75) is 40.7 Å².